The van der Waals surface area contributed by atoms with Crippen LogP contribution in [0.1, 0.15) is 20.7 Å². The molecule has 2 N–H and O–H groups in total. The molecule has 1 heterocycles. The number of carbonyl (C=O) groups excluding carboxylic acids is 1. The first-order valence-electron chi connectivity index (χ1n) is 10.5. The molecule has 1 aliphatic rings. The number of hydrogen-bond acceptors (Lipinski definition) is 5. The summed E-state index contributed by atoms with van der Waals surface area (Å²) in [5.41, 5.74) is 2.29. The van der Waals surface area contributed by atoms with Gasteiger partial charge in [0, 0.05) is 49.2 Å². The van der Waals surface area contributed by atoms with Gasteiger partial charge in [-0.3, -0.25) is 4.79 Å². The second-order valence-electron chi connectivity index (χ2n) is 7.67. The van der Waals surface area contributed by atoms with Crippen LogP contribution in [0.25, 0.3) is 0 Å². The monoisotopic (exact) mass is 449 g/mol. The summed E-state index contributed by atoms with van der Waals surface area (Å²) in [5, 5.41) is 12.3. The number of amides is 1. The Hall–Kier alpha value is -4.07. The van der Waals surface area contributed by atoms with Gasteiger partial charge in [0.05, 0.1) is 18.4 Å². The van der Waals surface area contributed by atoms with Crippen molar-refractivity contribution >= 4 is 28.9 Å². The van der Waals surface area contributed by atoms with Crippen molar-refractivity contribution in [1.82, 2.24) is 0 Å². The largest absolute Gasteiger partial charge is 0.497 e. The fourth-order valence-corrected chi connectivity index (χ4v) is 3.84. The molecule has 1 amide bonds. The van der Waals surface area contributed by atoms with Crippen LogP contribution in [0.2, 0.25) is 0 Å². The Morgan fingerprint density at radius 3 is 2.15 bits per heavy atom. The van der Waals surface area contributed by atoms with E-state index >= 15 is 0 Å². The average molecular weight is 449 g/mol. The first-order chi connectivity index (χ1) is 15.9. The van der Waals surface area contributed by atoms with Gasteiger partial charge in [0.25, 0.3) is 5.91 Å². The molecule has 0 aliphatic carbocycles. The molecule has 1 saturated heterocycles. The summed E-state index contributed by atoms with van der Waals surface area (Å²) in [5.74, 6) is -1.29. The molecule has 0 radical (unpaired) electrons. The van der Waals surface area contributed by atoms with E-state index in [1.165, 1.54) is 24.3 Å². The number of nitrogens with zero attached hydrogens (tertiary/aromatic N) is 2. The highest BCUT2D eigenvalue weighted by Gasteiger charge is 2.21. The molecule has 7 nitrogen and oxygen atoms in total. The van der Waals surface area contributed by atoms with Crippen molar-refractivity contribution in [2.24, 2.45) is 0 Å². The van der Waals surface area contributed by atoms with E-state index in [0.717, 1.165) is 43.3 Å². The van der Waals surface area contributed by atoms with Crippen LogP contribution in [-0.2, 0) is 0 Å². The molecule has 0 aromatic heterocycles. The number of piperazine rings is 1. The number of nitrogens with one attached hydrogen (secondary N) is 1. The smallest absolute Gasteiger partial charge is 0.337 e. The molecule has 0 atom stereocenters. The zero-order chi connectivity index (χ0) is 23.4. The minimum atomic E-state index is -1.14. The van der Waals surface area contributed by atoms with Crippen molar-refractivity contribution in [3.05, 3.63) is 83.7 Å². The molecule has 3 aromatic rings. The molecule has 0 saturated carbocycles. The number of hydrogen-bond donors (Lipinski definition) is 2. The van der Waals surface area contributed by atoms with E-state index in [-0.39, 0.29) is 16.8 Å². The molecular weight excluding hydrogens is 425 g/mol. The van der Waals surface area contributed by atoms with Gasteiger partial charge in [0.2, 0.25) is 0 Å². The quantitative estimate of drug-likeness (QED) is 0.590. The van der Waals surface area contributed by atoms with Gasteiger partial charge >= 0.3 is 5.97 Å². The molecule has 170 valence electrons. The molecule has 0 unspecified atom stereocenters. The fraction of sp³-hybridized carbons (Fsp3) is 0.200. The minimum absolute atomic E-state index is 0.00168. The highest BCUT2D eigenvalue weighted by atomic mass is 19.1. The number of ether oxygens (including phenoxy) is 1. The Morgan fingerprint density at radius 1 is 0.909 bits per heavy atom. The van der Waals surface area contributed by atoms with Crippen molar-refractivity contribution in [1.29, 1.82) is 0 Å². The van der Waals surface area contributed by atoms with Crippen LogP contribution in [-0.4, -0.2) is 50.3 Å². The molecule has 33 heavy (non-hydrogen) atoms. The number of aromatic carboxylic acids is 1. The van der Waals surface area contributed by atoms with Crippen LogP contribution in [0.4, 0.5) is 21.5 Å². The van der Waals surface area contributed by atoms with E-state index in [1.54, 1.807) is 25.3 Å². The Labute approximate surface area is 191 Å². The highest BCUT2D eigenvalue weighted by Crippen LogP contribution is 2.27. The summed E-state index contributed by atoms with van der Waals surface area (Å²) in [6.07, 6.45) is 0. The number of methoxy groups -OCH3 is 1. The molecule has 3 aromatic carbocycles. The normalized spacial score (nSPS) is 13.5. The van der Waals surface area contributed by atoms with Crippen molar-refractivity contribution in [3.8, 4) is 5.75 Å². The summed E-state index contributed by atoms with van der Waals surface area (Å²) in [6, 6.07) is 17.9. The maximum Gasteiger partial charge on any atom is 0.337 e. The number of anilines is 3. The number of carboxylic acids is 1. The SMILES string of the molecule is COc1cccc(N2CCN(c3ccc(NC(=O)c4ccc(F)cc4)c(C(=O)O)c3)CC2)c1. The van der Waals surface area contributed by atoms with Crippen LogP contribution < -0.4 is 19.9 Å². The fourth-order valence-electron chi connectivity index (χ4n) is 3.84. The van der Waals surface area contributed by atoms with Crippen molar-refractivity contribution in [2.75, 3.05) is 48.4 Å². The van der Waals surface area contributed by atoms with Gasteiger partial charge in [0.15, 0.2) is 0 Å². The Kier molecular flexibility index (Phi) is 6.44. The summed E-state index contributed by atoms with van der Waals surface area (Å²) in [4.78, 5) is 28.7. The summed E-state index contributed by atoms with van der Waals surface area (Å²) in [7, 11) is 1.64. The van der Waals surface area contributed by atoms with Crippen LogP contribution >= 0.6 is 0 Å². The number of carbonyl (C=O) groups is 2. The van der Waals surface area contributed by atoms with E-state index in [0.29, 0.717) is 0 Å². The van der Waals surface area contributed by atoms with Gasteiger partial charge in [0.1, 0.15) is 11.6 Å². The van der Waals surface area contributed by atoms with E-state index in [4.69, 9.17) is 4.74 Å². The molecule has 1 fully saturated rings. The van der Waals surface area contributed by atoms with Gasteiger partial charge in [-0.15, -0.1) is 0 Å². The predicted molar refractivity (Wildman–Crippen MR) is 125 cm³/mol. The third-order valence-electron chi connectivity index (χ3n) is 5.65. The van der Waals surface area contributed by atoms with Crippen molar-refractivity contribution < 1.29 is 23.8 Å². The molecule has 1 aliphatic heterocycles. The summed E-state index contributed by atoms with van der Waals surface area (Å²) >= 11 is 0. The lowest BCUT2D eigenvalue weighted by Crippen LogP contribution is -2.46. The summed E-state index contributed by atoms with van der Waals surface area (Å²) in [6.45, 7) is 2.99. The zero-order valence-electron chi connectivity index (χ0n) is 18.1. The first kappa shape index (κ1) is 22.1. The number of benzene rings is 3. The van der Waals surface area contributed by atoms with Crippen molar-refractivity contribution in [2.45, 2.75) is 0 Å². The highest BCUT2D eigenvalue weighted by molar-refractivity contribution is 6.08. The lowest BCUT2D eigenvalue weighted by molar-refractivity contribution is 0.0698. The van der Waals surface area contributed by atoms with Crippen molar-refractivity contribution in [3.63, 3.8) is 0 Å². The molecule has 8 heteroatoms. The van der Waals surface area contributed by atoms with Gasteiger partial charge < -0.3 is 25.0 Å². The minimum Gasteiger partial charge on any atom is -0.497 e. The molecule has 4 rings (SSSR count). The lowest BCUT2D eigenvalue weighted by Gasteiger charge is -2.37. The average Bonchev–Trinajstić information content (AvgIpc) is 2.84. The van der Waals surface area contributed by atoms with Crippen LogP contribution in [0.5, 0.6) is 5.75 Å². The van der Waals surface area contributed by atoms with Gasteiger partial charge in [-0.25, -0.2) is 9.18 Å². The maximum absolute atomic E-state index is 13.1. The topological polar surface area (TPSA) is 82.1 Å². The Morgan fingerprint density at radius 2 is 1.55 bits per heavy atom. The Balaban J connectivity index is 1.47. The van der Waals surface area contributed by atoms with E-state index in [1.807, 2.05) is 24.3 Å². The number of carboxylic acid groups (broad SMARTS) is 1. The van der Waals surface area contributed by atoms with E-state index in [2.05, 4.69) is 15.1 Å². The van der Waals surface area contributed by atoms with Crippen LogP contribution in [0.3, 0.4) is 0 Å². The third-order valence-corrected chi connectivity index (χ3v) is 5.65. The standard InChI is InChI=1S/C25H24FN3O4/c1-33-21-4-2-3-19(15-21)28-11-13-29(14-12-28)20-9-10-23(22(16-20)25(31)32)27-24(30)17-5-7-18(26)8-6-17/h2-10,15-16H,11-14H2,1H3,(H,27,30)(H,31,32). The summed E-state index contributed by atoms with van der Waals surface area (Å²) < 4.78 is 18.4. The zero-order valence-corrected chi connectivity index (χ0v) is 18.1. The first-order valence-corrected chi connectivity index (χ1v) is 10.5. The second kappa shape index (κ2) is 9.60. The molecular formula is C25H24FN3O4. The maximum atomic E-state index is 13.1. The second-order valence-corrected chi connectivity index (χ2v) is 7.67. The van der Waals surface area contributed by atoms with Gasteiger partial charge in [-0.2, -0.15) is 0 Å². The van der Waals surface area contributed by atoms with E-state index < -0.39 is 17.7 Å². The predicted octanol–water partition coefficient (Wildman–Crippen LogP) is 4.11. The number of halogens is 1. The van der Waals surface area contributed by atoms with Crippen LogP contribution in [0, 0.1) is 5.82 Å². The molecule has 0 bridgehead atoms. The lowest BCUT2D eigenvalue weighted by atomic mass is 10.1. The van der Waals surface area contributed by atoms with E-state index in [9.17, 15) is 19.1 Å². The van der Waals surface area contributed by atoms with Gasteiger partial charge in [-0.1, -0.05) is 6.07 Å². The van der Waals surface area contributed by atoms with Crippen LogP contribution in [0.15, 0.2) is 66.7 Å². The third kappa shape index (κ3) is 5.06. The number of rotatable bonds is 6. The Bertz CT molecular complexity index is 1160. The molecule has 0 spiro atoms. The van der Waals surface area contributed by atoms with Gasteiger partial charge in [-0.05, 0) is 54.6 Å².